The maximum absolute atomic E-state index is 6.03. The van der Waals surface area contributed by atoms with Crippen LogP contribution in [0.1, 0.15) is 6.92 Å². The summed E-state index contributed by atoms with van der Waals surface area (Å²) in [6.07, 6.45) is 2.06. The van der Waals surface area contributed by atoms with Gasteiger partial charge in [-0.2, -0.15) is 0 Å². The molecule has 2 heterocycles. The molecule has 0 N–H and O–H groups in total. The predicted octanol–water partition coefficient (Wildman–Crippen LogP) is 5.03. The normalized spacial score (nSPS) is 11.2. The Morgan fingerprint density at radius 1 is 1.04 bits per heavy atom. The number of para-hydroxylation sites is 1. The molecule has 0 unspecified atom stereocenters. The summed E-state index contributed by atoms with van der Waals surface area (Å²) in [6, 6.07) is 15.6. The first-order valence-electron chi connectivity index (χ1n) is 7.44. The SMILES string of the molecule is CCn1cc(-c2nnc(-c3cccc(Cl)c3)o2)c2ccccc21. The molecule has 0 saturated heterocycles. The number of nitrogens with zero attached hydrogens (tertiary/aromatic N) is 3. The van der Waals surface area contributed by atoms with E-state index < -0.39 is 0 Å². The molecule has 0 bridgehead atoms. The molecule has 0 aliphatic rings. The summed E-state index contributed by atoms with van der Waals surface area (Å²) in [4.78, 5) is 0. The van der Waals surface area contributed by atoms with Gasteiger partial charge in [0.1, 0.15) is 0 Å². The molecule has 23 heavy (non-hydrogen) atoms. The molecule has 0 fully saturated rings. The second-order valence-electron chi connectivity index (χ2n) is 5.27. The van der Waals surface area contributed by atoms with E-state index in [0.717, 1.165) is 28.6 Å². The Morgan fingerprint density at radius 3 is 2.70 bits per heavy atom. The maximum atomic E-state index is 6.03. The van der Waals surface area contributed by atoms with Crippen LogP contribution in [0.15, 0.2) is 59.1 Å². The fraction of sp³-hybridized carbons (Fsp3) is 0.111. The van der Waals surface area contributed by atoms with Crippen LogP contribution in [-0.4, -0.2) is 14.8 Å². The maximum Gasteiger partial charge on any atom is 0.250 e. The monoisotopic (exact) mass is 323 g/mol. The predicted molar refractivity (Wildman–Crippen MR) is 91.4 cm³/mol. The quantitative estimate of drug-likeness (QED) is 0.531. The molecule has 0 atom stereocenters. The summed E-state index contributed by atoms with van der Waals surface area (Å²) in [5.41, 5.74) is 2.92. The van der Waals surface area contributed by atoms with Crippen molar-refractivity contribution in [2.75, 3.05) is 0 Å². The lowest BCUT2D eigenvalue weighted by Gasteiger charge is -1.97. The van der Waals surface area contributed by atoms with Gasteiger partial charge in [0.15, 0.2) is 0 Å². The molecule has 0 aliphatic heterocycles. The van der Waals surface area contributed by atoms with Gasteiger partial charge in [-0.15, -0.1) is 10.2 Å². The van der Waals surface area contributed by atoms with Crippen molar-refractivity contribution in [3.8, 4) is 22.9 Å². The highest BCUT2D eigenvalue weighted by Crippen LogP contribution is 2.31. The molecule has 4 rings (SSSR count). The van der Waals surface area contributed by atoms with Crippen LogP contribution in [0.2, 0.25) is 5.02 Å². The van der Waals surface area contributed by atoms with E-state index in [-0.39, 0.29) is 0 Å². The van der Waals surface area contributed by atoms with E-state index in [9.17, 15) is 0 Å². The first kappa shape index (κ1) is 14.0. The molecular formula is C18H14ClN3O. The van der Waals surface area contributed by atoms with Gasteiger partial charge in [0, 0.05) is 34.2 Å². The molecule has 114 valence electrons. The lowest BCUT2D eigenvalue weighted by atomic mass is 10.2. The van der Waals surface area contributed by atoms with Crippen LogP contribution in [0.5, 0.6) is 0 Å². The third-order valence-electron chi connectivity index (χ3n) is 3.86. The first-order valence-corrected chi connectivity index (χ1v) is 7.81. The molecule has 0 spiro atoms. The second-order valence-corrected chi connectivity index (χ2v) is 5.71. The van der Waals surface area contributed by atoms with Gasteiger partial charge in [-0.25, -0.2) is 0 Å². The molecule has 4 aromatic rings. The summed E-state index contributed by atoms with van der Waals surface area (Å²) in [5.74, 6) is 0.985. The van der Waals surface area contributed by atoms with Crippen molar-refractivity contribution in [3.63, 3.8) is 0 Å². The zero-order chi connectivity index (χ0) is 15.8. The molecular weight excluding hydrogens is 310 g/mol. The van der Waals surface area contributed by atoms with E-state index >= 15 is 0 Å². The van der Waals surface area contributed by atoms with Gasteiger partial charge in [-0.3, -0.25) is 0 Å². The number of halogens is 1. The lowest BCUT2D eigenvalue weighted by molar-refractivity contribution is 0.585. The van der Waals surface area contributed by atoms with Crippen LogP contribution in [-0.2, 0) is 6.54 Å². The van der Waals surface area contributed by atoms with Crippen molar-refractivity contribution < 1.29 is 4.42 Å². The standard InChI is InChI=1S/C18H14ClN3O/c1-2-22-11-15(14-8-3-4-9-16(14)22)18-21-20-17(23-18)12-6-5-7-13(19)10-12/h3-11H,2H2,1H3. The largest absolute Gasteiger partial charge is 0.416 e. The summed E-state index contributed by atoms with van der Waals surface area (Å²) in [7, 11) is 0. The molecule has 0 amide bonds. The van der Waals surface area contributed by atoms with Crippen LogP contribution >= 0.6 is 11.6 Å². The van der Waals surface area contributed by atoms with E-state index in [1.165, 1.54) is 0 Å². The third kappa shape index (κ3) is 2.41. The van der Waals surface area contributed by atoms with Crippen molar-refractivity contribution in [1.29, 1.82) is 0 Å². The van der Waals surface area contributed by atoms with Gasteiger partial charge >= 0.3 is 0 Å². The molecule has 0 saturated carbocycles. The fourth-order valence-electron chi connectivity index (χ4n) is 2.75. The number of hydrogen-bond acceptors (Lipinski definition) is 3. The van der Waals surface area contributed by atoms with Gasteiger partial charge in [0.05, 0.1) is 5.56 Å². The Hall–Kier alpha value is -2.59. The van der Waals surface area contributed by atoms with E-state index in [4.69, 9.17) is 16.0 Å². The summed E-state index contributed by atoms with van der Waals surface area (Å²) in [5, 5.41) is 10.1. The highest BCUT2D eigenvalue weighted by atomic mass is 35.5. The highest BCUT2D eigenvalue weighted by molar-refractivity contribution is 6.30. The number of fused-ring (bicyclic) bond motifs is 1. The van der Waals surface area contributed by atoms with Crippen LogP contribution in [0.3, 0.4) is 0 Å². The van der Waals surface area contributed by atoms with Gasteiger partial charge in [0.2, 0.25) is 11.8 Å². The van der Waals surface area contributed by atoms with E-state index in [0.29, 0.717) is 16.8 Å². The highest BCUT2D eigenvalue weighted by Gasteiger charge is 2.16. The van der Waals surface area contributed by atoms with Gasteiger partial charge in [-0.05, 0) is 31.2 Å². The van der Waals surface area contributed by atoms with E-state index in [1.54, 1.807) is 0 Å². The van der Waals surface area contributed by atoms with Gasteiger partial charge < -0.3 is 8.98 Å². The lowest BCUT2D eigenvalue weighted by Crippen LogP contribution is -1.89. The Bertz CT molecular complexity index is 987. The molecule has 0 aliphatic carbocycles. The van der Waals surface area contributed by atoms with E-state index in [1.807, 2.05) is 36.4 Å². The molecule has 5 heteroatoms. The topological polar surface area (TPSA) is 43.9 Å². The third-order valence-corrected chi connectivity index (χ3v) is 4.09. The molecule has 2 aromatic carbocycles. The van der Waals surface area contributed by atoms with Crippen molar-refractivity contribution in [2.24, 2.45) is 0 Å². The average molecular weight is 324 g/mol. The van der Waals surface area contributed by atoms with Gasteiger partial charge in [-0.1, -0.05) is 35.9 Å². The first-order chi connectivity index (χ1) is 11.3. The summed E-state index contributed by atoms with van der Waals surface area (Å²) >= 11 is 6.03. The fourth-order valence-corrected chi connectivity index (χ4v) is 2.94. The van der Waals surface area contributed by atoms with Gasteiger partial charge in [0.25, 0.3) is 0 Å². The Balaban J connectivity index is 1.84. The molecule has 2 aromatic heterocycles. The zero-order valence-electron chi connectivity index (χ0n) is 12.5. The van der Waals surface area contributed by atoms with Crippen LogP contribution in [0.4, 0.5) is 0 Å². The van der Waals surface area contributed by atoms with Crippen molar-refractivity contribution in [3.05, 3.63) is 59.8 Å². The average Bonchev–Trinajstić information content (AvgIpc) is 3.19. The number of aromatic nitrogens is 3. The number of hydrogen-bond donors (Lipinski definition) is 0. The van der Waals surface area contributed by atoms with E-state index in [2.05, 4.69) is 40.0 Å². The number of aryl methyl sites for hydroxylation is 1. The number of benzene rings is 2. The minimum atomic E-state index is 0.468. The smallest absolute Gasteiger partial charge is 0.250 e. The van der Waals surface area contributed by atoms with Crippen LogP contribution in [0, 0.1) is 0 Å². The molecule has 4 nitrogen and oxygen atoms in total. The second kappa shape index (κ2) is 5.56. The van der Waals surface area contributed by atoms with Crippen molar-refractivity contribution in [2.45, 2.75) is 13.5 Å². The zero-order valence-corrected chi connectivity index (χ0v) is 13.3. The van der Waals surface area contributed by atoms with Crippen LogP contribution in [0.25, 0.3) is 33.8 Å². The van der Waals surface area contributed by atoms with Crippen LogP contribution < -0.4 is 0 Å². The number of rotatable bonds is 3. The summed E-state index contributed by atoms with van der Waals surface area (Å²) < 4.78 is 8.06. The molecule has 0 radical (unpaired) electrons. The summed E-state index contributed by atoms with van der Waals surface area (Å²) in [6.45, 7) is 3.00. The minimum absolute atomic E-state index is 0.468. The van der Waals surface area contributed by atoms with Crippen molar-refractivity contribution >= 4 is 22.5 Å². The minimum Gasteiger partial charge on any atom is -0.416 e. The Labute approximate surface area is 138 Å². The Kier molecular flexibility index (Phi) is 3.39. The Morgan fingerprint density at radius 2 is 1.87 bits per heavy atom. The van der Waals surface area contributed by atoms with Crippen molar-refractivity contribution in [1.82, 2.24) is 14.8 Å².